The highest BCUT2D eigenvalue weighted by Crippen LogP contribution is 2.33. The summed E-state index contributed by atoms with van der Waals surface area (Å²) in [7, 11) is 0. The molecule has 20 heavy (non-hydrogen) atoms. The fourth-order valence-electron chi connectivity index (χ4n) is 1.74. The number of nitrogens with two attached hydrogens (primary N) is 1. The van der Waals surface area contributed by atoms with E-state index in [1.54, 1.807) is 17.8 Å². The van der Waals surface area contributed by atoms with E-state index in [-0.39, 0.29) is 11.7 Å². The number of thiophene rings is 1. The van der Waals surface area contributed by atoms with Crippen molar-refractivity contribution in [2.75, 3.05) is 23.8 Å². The van der Waals surface area contributed by atoms with Gasteiger partial charge >= 0.3 is 0 Å². The molecular formula is C14H15FN2OS2. The molecule has 1 heterocycles. The number of anilines is 1. The van der Waals surface area contributed by atoms with Gasteiger partial charge in [-0.3, -0.25) is 4.79 Å². The minimum Gasteiger partial charge on any atom is -0.397 e. The number of carbonyl (C=O) groups excluding carboxylic acids is 1. The summed E-state index contributed by atoms with van der Waals surface area (Å²) in [6, 6.07) is 4.37. The summed E-state index contributed by atoms with van der Waals surface area (Å²) in [5, 5.41) is 3.42. The van der Waals surface area contributed by atoms with Crippen LogP contribution in [0.1, 0.15) is 9.67 Å². The Morgan fingerprint density at radius 2 is 2.35 bits per heavy atom. The summed E-state index contributed by atoms with van der Waals surface area (Å²) in [5.74, 6) is 1.12. The van der Waals surface area contributed by atoms with Crippen molar-refractivity contribution in [1.82, 2.24) is 5.32 Å². The highest BCUT2D eigenvalue weighted by molar-refractivity contribution is 7.99. The molecule has 6 heteroatoms. The van der Waals surface area contributed by atoms with E-state index in [2.05, 4.69) is 11.9 Å². The Hall–Kier alpha value is -1.53. The fourth-order valence-corrected chi connectivity index (χ4v) is 3.34. The van der Waals surface area contributed by atoms with Crippen molar-refractivity contribution < 1.29 is 9.18 Å². The fraction of sp³-hybridized carbons (Fsp3) is 0.214. The molecule has 1 aromatic heterocycles. The third-order valence-corrected chi connectivity index (χ3v) is 4.81. The molecule has 1 aromatic carbocycles. The number of halogens is 1. The minimum atomic E-state index is -0.352. The molecule has 0 aliphatic rings. The van der Waals surface area contributed by atoms with Crippen LogP contribution in [0.3, 0.4) is 0 Å². The number of nitrogen functional groups attached to an aromatic ring is 1. The van der Waals surface area contributed by atoms with Gasteiger partial charge in [-0.15, -0.1) is 17.9 Å². The van der Waals surface area contributed by atoms with Crippen LogP contribution in [0.4, 0.5) is 10.1 Å². The van der Waals surface area contributed by atoms with Crippen LogP contribution in [0, 0.1) is 5.82 Å². The van der Waals surface area contributed by atoms with Crippen LogP contribution in [-0.4, -0.2) is 24.0 Å². The Labute approximate surface area is 125 Å². The predicted octanol–water partition coefficient (Wildman–Crippen LogP) is 3.27. The third-order valence-electron chi connectivity index (χ3n) is 2.66. The maximum atomic E-state index is 13.2. The lowest BCUT2D eigenvalue weighted by Crippen LogP contribution is -2.25. The van der Waals surface area contributed by atoms with Gasteiger partial charge in [-0.05, 0) is 18.2 Å². The van der Waals surface area contributed by atoms with Crippen LogP contribution >= 0.6 is 23.1 Å². The first-order valence-corrected chi connectivity index (χ1v) is 8.05. The van der Waals surface area contributed by atoms with Gasteiger partial charge in [-0.1, -0.05) is 6.08 Å². The second-order valence-corrected chi connectivity index (χ2v) is 6.31. The van der Waals surface area contributed by atoms with Gasteiger partial charge in [-0.25, -0.2) is 4.39 Å². The number of hydrogen-bond acceptors (Lipinski definition) is 4. The number of amides is 1. The number of rotatable bonds is 6. The summed E-state index contributed by atoms with van der Waals surface area (Å²) >= 11 is 2.97. The van der Waals surface area contributed by atoms with E-state index < -0.39 is 0 Å². The normalized spacial score (nSPS) is 10.7. The van der Waals surface area contributed by atoms with Crippen molar-refractivity contribution in [3.8, 4) is 0 Å². The van der Waals surface area contributed by atoms with E-state index in [0.29, 0.717) is 22.5 Å². The van der Waals surface area contributed by atoms with Gasteiger partial charge in [0.2, 0.25) is 0 Å². The van der Waals surface area contributed by atoms with Crippen molar-refractivity contribution in [2.24, 2.45) is 0 Å². The number of fused-ring (bicyclic) bond motifs is 1. The Kier molecular flexibility index (Phi) is 5.03. The van der Waals surface area contributed by atoms with E-state index in [9.17, 15) is 9.18 Å². The quantitative estimate of drug-likeness (QED) is 0.636. The molecule has 2 aromatic rings. The summed E-state index contributed by atoms with van der Waals surface area (Å²) < 4.78 is 14.0. The van der Waals surface area contributed by atoms with Gasteiger partial charge in [0.25, 0.3) is 5.91 Å². The van der Waals surface area contributed by atoms with Crippen molar-refractivity contribution in [2.45, 2.75) is 0 Å². The van der Waals surface area contributed by atoms with E-state index in [1.807, 2.05) is 6.08 Å². The molecule has 3 nitrogen and oxygen atoms in total. The Morgan fingerprint density at radius 3 is 3.10 bits per heavy atom. The monoisotopic (exact) mass is 310 g/mol. The lowest BCUT2D eigenvalue weighted by Gasteiger charge is -2.03. The van der Waals surface area contributed by atoms with Crippen LogP contribution < -0.4 is 11.1 Å². The zero-order valence-corrected chi connectivity index (χ0v) is 12.5. The molecular weight excluding hydrogens is 295 g/mol. The van der Waals surface area contributed by atoms with Gasteiger partial charge < -0.3 is 11.1 Å². The number of nitrogens with one attached hydrogen (secondary N) is 1. The molecule has 106 valence electrons. The van der Waals surface area contributed by atoms with E-state index in [4.69, 9.17) is 5.73 Å². The second kappa shape index (κ2) is 6.76. The van der Waals surface area contributed by atoms with Gasteiger partial charge in [-0.2, -0.15) is 11.8 Å². The van der Waals surface area contributed by atoms with Crippen molar-refractivity contribution in [3.05, 3.63) is 41.5 Å². The largest absolute Gasteiger partial charge is 0.397 e. The van der Waals surface area contributed by atoms with E-state index >= 15 is 0 Å². The van der Waals surface area contributed by atoms with Crippen LogP contribution in [0.2, 0.25) is 0 Å². The molecule has 0 aliphatic heterocycles. The molecule has 0 saturated heterocycles. The lowest BCUT2D eigenvalue weighted by atomic mass is 10.2. The Balaban J connectivity index is 2.06. The van der Waals surface area contributed by atoms with Gasteiger partial charge in [0.05, 0.1) is 5.69 Å². The molecule has 0 radical (unpaired) electrons. The molecule has 0 atom stereocenters. The topological polar surface area (TPSA) is 55.1 Å². The molecule has 0 saturated carbocycles. The number of benzene rings is 1. The zero-order chi connectivity index (χ0) is 14.5. The Morgan fingerprint density at radius 1 is 1.55 bits per heavy atom. The maximum absolute atomic E-state index is 13.2. The summed E-state index contributed by atoms with van der Waals surface area (Å²) in [4.78, 5) is 12.5. The highest BCUT2D eigenvalue weighted by Gasteiger charge is 2.16. The SMILES string of the molecule is C=CCSCCNC(=O)c1sc2ccc(F)cc2c1N. The van der Waals surface area contributed by atoms with E-state index in [0.717, 1.165) is 16.2 Å². The molecule has 0 unspecified atom stereocenters. The molecule has 0 aliphatic carbocycles. The van der Waals surface area contributed by atoms with Crippen LogP contribution in [0.25, 0.3) is 10.1 Å². The van der Waals surface area contributed by atoms with Crippen LogP contribution in [-0.2, 0) is 0 Å². The maximum Gasteiger partial charge on any atom is 0.263 e. The van der Waals surface area contributed by atoms with Gasteiger partial charge in [0.15, 0.2) is 0 Å². The number of thioether (sulfide) groups is 1. The van der Waals surface area contributed by atoms with Gasteiger partial charge in [0, 0.05) is 28.1 Å². The first kappa shape index (κ1) is 14.9. The molecule has 1 amide bonds. The molecule has 0 spiro atoms. The smallest absolute Gasteiger partial charge is 0.263 e. The van der Waals surface area contributed by atoms with Crippen molar-refractivity contribution in [1.29, 1.82) is 0 Å². The average molecular weight is 310 g/mol. The minimum absolute atomic E-state index is 0.205. The standard InChI is InChI=1S/C14H15FN2OS2/c1-2-6-19-7-5-17-14(18)13-12(16)10-8-9(15)3-4-11(10)20-13/h2-4,8H,1,5-7,16H2,(H,17,18). The molecule has 2 rings (SSSR count). The van der Waals surface area contributed by atoms with Crippen molar-refractivity contribution >= 4 is 44.8 Å². The predicted molar refractivity (Wildman–Crippen MR) is 86.1 cm³/mol. The Bertz CT molecular complexity index is 639. The zero-order valence-electron chi connectivity index (χ0n) is 10.8. The molecule has 0 fully saturated rings. The first-order valence-electron chi connectivity index (χ1n) is 6.08. The van der Waals surface area contributed by atoms with Gasteiger partial charge in [0.1, 0.15) is 10.7 Å². The lowest BCUT2D eigenvalue weighted by molar-refractivity contribution is 0.0961. The van der Waals surface area contributed by atoms with Crippen LogP contribution in [0.15, 0.2) is 30.9 Å². The third kappa shape index (κ3) is 3.32. The average Bonchev–Trinajstić information content (AvgIpc) is 2.76. The van der Waals surface area contributed by atoms with Crippen LogP contribution in [0.5, 0.6) is 0 Å². The highest BCUT2D eigenvalue weighted by atomic mass is 32.2. The summed E-state index contributed by atoms with van der Waals surface area (Å²) in [6.45, 7) is 4.20. The number of carbonyl (C=O) groups is 1. The molecule has 0 bridgehead atoms. The summed E-state index contributed by atoms with van der Waals surface area (Å²) in [6.07, 6.45) is 1.82. The number of hydrogen-bond donors (Lipinski definition) is 2. The second-order valence-electron chi connectivity index (χ2n) is 4.10. The van der Waals surface area contributed by atoms with Crippen molar-refractivity contribution in [3.63, 3.8) is 0 Å². The van der Waals surface area contributed by atoms with E-state index in [1.165, 1.54) is 23.5 Å². The molecule has 3 N–H and O–H groups in total. The first-order chi connectivity index (χ1) is 9.63. The summed E-state index contributed by atoms with van der Waals surface area (Å²) in [5.41, 5.74) is 6.27.